The van der Waals surface area contributed by atoms with Crippen LogP contribution in [-0.2, 0) is 6.42 Å². The van der Waals surface area contributed by atoms with Crippen molar-refractivity contribution < 1.29 is 5.11 Å². The molecule has 94 valence electrons. The quantitative estimate of drug-likeness (QED) is 0.915. The fraction of sp³-hybridized carbons (Fsp3) is 0.400. The van der Waals surface area contributed by atoms with Crippen molar-refractivity contribution in [1.29, 1.82) is 0 Å². The molecular weight excluding hydrogens is 242 g/mol. The van der Waals surface area contributed by atoms with Crippen molar-refractivity contribution in [2.45, 2.75) is 31.8 Å². The van der Waals surface area contributed by atoms with Crippen LogP contribution in [0.2, 0.25) is 0 Å². The molecule has 0 amide bonds. The SMILES string of the molecule is Cc1nc(CC(O)C2CC2c2ccccc2)cs1. The van der Waals surface area contributed by atoms with Gasteiger partial charge in [-0.1, -0.05) is 30.3 Å². The van der Waals surface area contributed by atoms with E-state index in [2.05, 4.69) is 34.6 Å². The smallest absolute Gasteiger partial charge is 0.0897 e. The zero-order valence-corrected chi connectivity index (χ0v) is 11.2. The van der Waals surface area contributed by atoms with Crippen LogP contribution in [0.3, 0.4) is 0 Å². The van der Waals surface area contributed by atoms with E-state index in [0.717, 1.165) is 17.1 Å². The van der Waals surface area contributed by atoms with Gasteiger partial charge >= 0.3 is 0 Å². The van der Waals surface area contributed by atoms with Crippen LogP contribution in [0.15, 0.2) is 35.7 Å². The van der Waals surface area contributed by atoms with Gasteiger partial charge in [-0.25, -0.2) is 4.98 Å². The summed E-state index contributed by atoms with van der Waals surface area (Å²) in [6.07, 6.45) is 1.55. The van der Waals surface area contributed by atoms with Gasteiger partial charge in [0.2, 0.25) is 0 Å². The van der Waals surface area contributed by atoms with Crippen molar-refractivity contribution in [1.82, 2.24) is 4.98 Å². The van der Waals surface area contributed by atoms with E-state index < -0.39 is 0 Å². The Labute approximate surface area is 111 Å². The summed E-state index contributed by atoms with van der Waals surface area (Å²) in [5, 5.41) is 13.4. The topological polar surface area (TPSA) is 33.1 Å². The molecule has 2 aromatic rings. The minimum atomic E-state index is -0.253. The van der Waals surface area contributed by atoms with Gasteiger partial charge in [0.05, 0.1) is 16.8 Å². The lowest BCUT2D eigenvalue weighted by Gasteiger charge is -2.08. The Morgan fingerprint density at radius 2 is 2.17 bits per heavy atom. The van der Waals surface area contributed by atoms with Crippen molar-refractivity contribution in [2.24, 2.45) is 5.92 Å². The fourth-order valence-electron chi connectivity index (χ4n) is 2.59. The second kappa shape index (κ2) is 4.82. The molecule has 0 aliphatic heterocycles. The maximum atomic E-state index is 10.2. The minimum Gasteiger partial charge on any atom is -0.392 e. The molecule has 1 N–H and O–H groups in total. The van der Waals surface area contributed by atoms with Crippen molar-refractivity contribution >= 4 is 11.3 Å². The van der Waals surface area contributed by atoms with Gasteiger partial charge in [-0.15, -0.1) is 11.3 Å². The molecule has 0 radical (unpaired) electrons. The van der Waals surface area contributed by atoms with E-state index in [4.69, 9.17) is 0 Å². The molecule has 1 aromatic heterocycles. The Hall–Kier alpha value is -1.19. The second-order valence-electron chi connectivity index (χ2n) is 5.05. The standard InChI is InChI=1S/C15H17NOS/c1-10-16-12(9-18-10)7-15(17)14-8-13(14)11-5-3-2-4-6-11/h2-6,9,13-15,17H,7-8H2,1H3. The molecule has 1 aromatic carbocycles. The lowest BCUT2D eigenvalue weighted by atomic mass is 10.0. The Balaban J connectivity index is 1.61. The van der Waals surface area contributed by atoms with Gasteiger partial charge in [0.1, 0.15) is 0 Å². The highest BCUT2D eigenvalue weighted by molar-refractivity contribution is 7.09. The normalized spacial score (nSPS) is 23.9. The molecule has 18 heavy (non-hydrogen) atoms. The summed E-state index contributed by atoms with van der Waals surface area (Å²) in [5.74, 6) is 0.954. The molecule has 2 nitrogen and oxygen atoms in total. The van der Waals surface area contributed by atoms with Crippen LogP contribution >= 0.6 is 11.3 Å². The molecule has 0 spiro atoms. The largest absolute Gasteiger partial charge is 0.392 e. The second-order valence-corrected chi connectivity index (χ2v) is 6.11. The third-order valence-corrected chi connectivity index (χ3v) is 4.47. The van der Waals surface area contributed by atoms with E-state index in [0.29, 0.717) is 18.3 Å². The summed E-state index contributed by atoms with van der Waals surface area (Å²) in [7, 11) is 0. The van der Waals surface area contributed by atoms with Crippen molar-refractivity contribution in [3.05, 3.63) is 52.0 Å². The zero-order chi connectivity index (χ0) is 12.5. The highest BCUT2D eigenvalue weighted by Gasteiger charge is 2.43. The lowest BCUT2D eigenvalue weighted by Crippen LogP contribution is -2.14. The number of aromatic nitrogens is 1. The molecule has 1 aliphatic rings. The highest BCUT2D eigenvalue weighted by Crippen LogP contribution is 2.49. The first kappa shape index (κ1) is 11.9. The number of hydrogen-bond acceptors (Lipinski definition) is 3. The fourth-order valence-corrected chi connectivity index (χ4v) is 3.22. The first-order chi connectivity index (χ1) is 8.74. The maximum Gasteiger partial charge on any atom is 0.0897 e. The number of aliphatic hydroxyl groups is 1. The minimum absolute atomic E-state index is 0.253. The van der Waals surface area contributed by atoms with Gasteiger partial charge in [-0.2, -0.15) is 0 Å². The molecule has 3 unspecified atom stereocenters. The zero-order valence-electron chi connectivity index (χ0n) is 10.4. The molecule has 0 saturated heterocycles. The van der Waals surface area contributed by atoms with Crippen LogP contribution in [0.1, 0.15) is 28.6 Å². The summed E-state index contributed by atoms with van der Waals surface area (Å²) in [4.78, 5) is 4.42. The Morgan fingerprint density at radius 1 is 1.39 bits per heavy atom. The molecular formula is C15H17NOS. The molecule has 1 fully saturated rings. The molecule has 3 heteroatoms. The third-order valence-electron chi connectivity index (χ3n) is 3.65. The van der Waals surface area contributed by atoms with Crippen LogP contribution in [0, 0.1) is 12.8 Å². The van der Waals surface area contributed by atoms with Gasteiger partial charge < -0.3 is 5.11 Å². The summed E-state index contributed by atoms with van der Waals surface area (Å²) in [6.45, 7) is 2.00. The predicted molar refractivity (Wildman–Crippen MR) is 73.9 cm³/mol. The monoisotopic (exact) mass is 259 g/mol. The van der Waals surface area contributed by atoms with Crippen LogP contribution in [-0.4, -0.2) is 16.2 Å². The van der Waals surface area contributed by atoms with Crippen LogP contribution in [0.5, 0.6) is 0 Å². The Morgan fingerprint density at radius 3 is 2.83 bits per heavy atom. The van der Waals surface area contributed by atoms with E-state index in [-0.39, 0.29) is 6.10 Å². The van der Waals surface area contributed by atoms with Gasteiger partial charge in [-0.05, 0) is 30.7 Å². The molecule has 1 aliphatic carbocycles. The van der Waals surface area contributed by atoms with Gasteiger partial charge in [-0.3, -0.25) is 0 Å². The van der Waals surface area contributed by atoms with Gasteiger partial charge in [0.25, 0.3) is 0 Å². The molecule has 3 rings (SSSR count). The van der Waals surface area contributed by atoms with Crippen LogP contribution < -0.4 is 0 Å². The Bertz CT molecular complexity index is 522. The van der Waals surface area contributed by atoms with E-state index in [1.807, 2.05) is 13.0 Å². The number of rotatable bonds is 4. The number of aryl methyl sites for hydroxylation is 1. The lowest BCUT2D eigenvalue weighted by molar-refractivity contribution is 0.148. The average Bonchev–Trinajstić information content (AvgIpc) is 3.09. The number of nitrogens with zero attached hydrogens (tertiary/aromatic N) is 1. The number of aliphatic hydroxyl groups excluding tert-OH is 1. The molecule has 3 atom stereocenters. The van der Waals surface area contributed by atoms with E-state index in [9.17, 15) is 5.11 Å². The summed E-state index contributed by atoms with van der Waals surface area (Å²) < 4.78 is 0. The highest BCUT2D eigenvalue weighted by atomic mass is 32.1. The number of hydrogen-bond donors (Lipinski definition) is 1. The summed E-state index contributed by atoms with van der Waals surface area (Å²) >= 11 is 1.65. The van der Waals surface area contributed by atoms with Gasteiger partial charge in [0, 0.05) is 11.8 Å². The molecule has 1 heterocycles. The first-order valence-corrected chi connectivity index (χ1v) is 7.26. The van der Waals surface area contributed by atoms with E-state index >= 15 is 0 Å². The van der Waals surface area contributed by atoms with Crippen molar-refractivity contribution in [2.75, 3.05) is 0 Å². The average molecular weight is 259 g/mol. The molecule has 1 saturated carbocycles. The van der Waals surface area contributed by atoms with E-state index in [1.165, 1.54) is 5.56 Å². The first-order valence-electron chi connectivity index (χ1n) is 6.38. The predicted octanol–water partition coefficient (Wildman–Crippen LogP) is 3.16. The Kier molecular flexibility index (Phi) is 3.18. The van der Waals surface area contributed by atoms with Crippen LogP contribution in [0.4, 0.5) is 0 Å². The maximum absolute atomic E-state index is 10.2. The van der Waals surface area contributed by atoms with Crippen molar-refractivity contribution in [3.8, 4) is 0 Å². The third kappa shape index (κ3) is 2.47. The van der Waals surface area contributed by atoms with Crippen LogP contribution in [0.25, 0.3) is 0 Å². The number of benzene rings is 1. The molecule has 0 bridgehead atoms. The summed E-state index contributed by atoms with van der Waals surface area (Å²) in [6, 6.07) is 10.5. The summed E-state index contributed by atoms with van der Waals surface area (Å²) in [5.41, 5.74) is 2.39. The number of thiazole rings is 1. The van der Waals surface area contributed by atoms with E-state index in [1.54, 1.807) is 11.3 Å². The van der Waals surface area contributed by atoms with Gasteiger partial charge in [0.15, 0.2) is 0 Å². The van der Waals surface area contributed by atoms with Crippen molar-refractivity contribution in [3.63, 3.8) is 0 Å².